The Labute approximate surface area is 107 Å². The molecular weight excluding hydrogens is 228 g/mol. The minimum Gasteiger partial charge on any atom is -0.368 e. The lowest BCUT2D eigenvalue weighted by atomic mass is 9.95. The molecule has 0 radical (unpaired) electrons. The highest BCUT2D eigenvalue weighted by atomic mass is 16.2. The van der Waals surface area contributed by atoms with Gasteiger partial charge in [-0.3, -0.25) is 4.79 Å². The van der Waals surface area contributed by atoms with Crippen LogP contribution in [0.1, 0.15) is 38.8 Å². The molecule has 5 nitrogen and oxygen atoms in total. The SMILES string of the molecule is CC(C)(C)C(=O)N1CC[C@H](c2ccnc(N)n2)C1. The van der Waals surface area contributed by atoms with Crippen molar-refractivity contribution >= 4 is 11.9 Å². The zero-order chi connectivity index (χ0) is 13.3. The first kappa shape index (κ1) is 12.8. The van der Waals surface area contributed by atoms with E-state index < -0.39 is 0 Å². The van der Waals surface area contributed by atoms with E-state index in [1.54, 1.807) is 6.20 Å². The van der Waals surface area contributed by atoms with E-state index >= 15 is 0 Å². The first-order valence-electron chi connectivity index (χ1n) is 6.26. The first-order valence-corrected chi connectivity index (χ1v) is 6.26. The van der Waals surface area contributed by atoms with Gasteiger partial charge in [0.05, 0.1) is 5.69 Å². The molecule has 1 aliphatic rings. The van der Waals surface area contributed by atoms with E-state index in [1.165, 1.54) is 0 Å². The fraction of sp³-hybridized carbons (Fsp3) is 0.615. The molecule has 1 fully saturated rings. The van der Waals surface area contributed by atoms with Crippen LogP contribution in [0.15, 0.2) is 12.3 Å². The Kier molecular flexibility index (Phi) is 3.24. The van der Waals surface area contributed by atoms with E-state index in [0.717, 1.165) is 25.2 Å². The molecule has 1 aromatic rings. The summed E-state index contributed by atoms with van der Waals surface area (Å²) in [6.45, 7) is 7.37. The molecule has 2 heterocycles. The van der Waals surface area contributed by atoms with Crippen LogP contribution in [0.25, 0.3) is 0 Å². The summed E-state index contributed by atoms with van der Waals surface area (Å²) >= 11 is 0. The smallest absolute Gasteiger partial charge is 0.227 e. The maximum atomic E-state index is 12.2. The number of carbonyl (C=O) groups is 1. The van der Waals surface area contributed by atoms with Crippen molar-refractivity contribution in [1.82, 2.24) is 14.9 Å². The molecule has 1 saturated heterocycles. The standard InChI is InChI=1S/C13H20N4O/c1-13(2,3)11(18)17-7-5-9(8-17)10-4-6-15-12(14)16-10/h4,6,9H,5,7-8H2,1-3H3,(H2,14,15,16)/t9-/m0/s1. The van der Waals surface area contributed by atoms with Gasteiger partial charge in [-0.2, -0.15) is 0 Å². The number of likely N-dealkylation sites (tertiary alicyclic amines) is 1. The number of carbonyl (C=O) groups excluding carboxylic acids is 1. The molecular formula is C13H20N4O. The van der Waals surface area contributed by atoms with Gasteiger partial charge in [0.15, 0.2) is 0 Å². The van der Waals surface area contributed by atoms with E-state index in [0.29, 0.717) is 5.95 Å². The molecule has 1 aliphatic heterocycles. The van der Waals surface area contributed by atoms with Crippen molar-refractivity contribution in [2.24, 2.45) is 5.41 Å². The van der Waals surface area contributed by atoms with E-state index in [1.807, 2.05) is 31.7 Å². The Balaban J connectivity index is 2.07. The highest BCUT2D eigenvalue weighted by molar-refractivity contribution is 5.81. The van der Waals surface area contributed by atoms with Crippen molar-refractivity contribution in [3.05, 3.63) is 18.0 Å². The number of rotatable bonds is 1. The van der Waals surface area contributed by atoms with Crippen LogP contribution in [-0.4, -0.2) is 33.9 Å². The fourth-order valence-electron chi connectivity index (χ4n) is 2.28. The molecule has 0 aliphatic carbocycles. The summed E-state index contributed by atoms with van der Waals surface area (Å²) in [4.78, 5) is 22.2. The van der Waals surface area contributed by atoms with Gasteiger partial charge in [0.2, 0.25) is 11.9 Å². The van der Waals surface area contributed by atoms with Gasteiger partial charge in [0.25, 0.3) is 0 Å². The lowest BCUT2D eigenvalue weighted by Gasteiger charge is -2.25. The summed E-state index contributed by atoms with van der Waals surface area (Å²) in [5.41, 5.74) is 6.20. The predicted octanol–water partition coefficient (Wildman–Crippen LogP) is 1.42. The zero-order valence-corrected chi connectivity index (χ0v) is 11.2. The summed E-state index contributed by atoms with van der Waals surface area (Å²) in [6, 6.07) is 1.88. The molecule has 0 aromatic carbocycles. The molecule has 0 saturated carbocycles. The normalized spacial score (nSPS) is 20.2. The Hall–Kier alpha value is -1.65. The van der Waals surface area contributed by atoms with Crippen molar-refractivity contribution in [2.45, 2.75) is 33.1 Å². The average Bonchev–Trinajstić information content (AvgIpc) is 2.75. The van der Waals surface area contributed by atoms with Gasteiger partial charge in [0.1, 0.15) is 0 Å². The first-order chi connectivity index (χ1) is 8.38. The summed E-state index contributed by atoms with van der Waals surface area (Å²) in [7, 11) is 0. The highest BCUT2D eigenvalue weighted by Crippen LogP contribution is 2.29. The second-order valence-electron chi connectivity index (χ2n) is 5.83. The number of nitrogen functional groups attached to an aromatic ring is 1. The number of nitrogens with zero attached hydrogens (tertiary/aromatic N) is 3. The van der Waals surface area contributed by atoms with Crippen LogP contribution in [0.2, 0.25) is 0 Å². The van der Waals surface area contributed by atoms with Crippen LogP contribution in [0.4, 0.5) is 5.95 Å². The van der Waals surface area contributed by atoms with Gasteiger partial charge in [-0.15, -0.1) is 0 Å². The maximum Gasteiger partial charge on any atom is 0.227 e. The van der Waals surface area contributed by atoms with Gasteiger partial charge in [0, 0.05) is 30.6 Å². The molecule has 0 bridgehead atoms. The second-order valence-corrected chi connectivity index (χ2v) is 5.83. The van der Waals surface area contributed by atoms with Crippen molar-refractivity contribution in [2.75, 3.05) is 18.8 Å². The van der Waals surface area contributed by atoms with E-state index in [9.17, 15) is 4.79 Å². The van der Waals surface area contributed by atoms with Crippen LogP contribution in [0.3, 0.4) is 0 Å². The van der Waals surface area contributed by atoms with E-state index in [4.69, 9.17) is 5.73 Å². The summed E-state index contributed by atoms with van der Waals surface area (Å²) in [6.07, 6.45) is 2.62. The molecule has 1 atom stereocenters. The van der Waals surface area contributed by atoms with Crippen LogP contribution in [0.5, 0.6) is 0 Å². The lowest BCUT2D eigenvalue weighted by molar-refractivity contribution is -0.138. The molecule has 18 heavy (non-hydrogen) atoms. The summed E-state index contributed by atoms with van der Waals surface area (Å²) in [5.74, 6) is 0.779. The van der Waals surface area contributed by atoms with Crippen LogP contribution < -0.4 is 5.73 Å². The largest absolute Gasteiger partial charge is 0.368 e. The van der Waals surface area contributed by atoms with Crippen molar-refractivity contribution in [3.63, 3.8) is 0 Å². The number of nitrogens with two attached hydrogens (primary N) is 1. The summed E-state index contributed by atoms with van der Waals surface area (Å²) in [5, 5.41) is 0. The number of anilines is 1. The number of hydrogen-bond donors (Lipinski definition) is 1. The van der Waals surface area contributed by atoms with Crippen LogP contribution >= 0.6 is 0 Å². The van der Waals surface area contributed by atoms with Gasteiger partial charge < -0.3 is 10.6 Å². The molecule has 1 amide bonds. The Morgan fingerprint density at radius 3 is 2.83 bits per heavy atom. The summed E-state index contributed by atoms with van der Waals surface area (Å²) < 4.78 is 0. The van der Waals surface area contributed by atoms with Crippen LogP contribution in [0, 0.1) is 5.41 Å². The molecule has 0 spiro atoms. The van der Waals surface area contributed by atoms with Gasteiger partial charge in [-0.05, 0) is 12.5 Å². The number of aromatic nitrogens is 2. The van der Waals surface area contributed by atoms with Gasteiger partial charge in [-0.25, -0.2) is 9.97 Å². The Morgan fingerprint density at radius 1 is 1.50 bits per heavy atom. The van der Waals surface area contributed by atoms with Crippen molar-refractivity contribution in [1.29, 1.82) is 0 Å². The molecule has 2 N–H and O–H groups in total. The van der Waals surface area contributed by atoms with Crippen molar-refractivity contribution < 1.29 is 4.79 Å². The van der Waals surface area contributed by atoms with E-state index in [-0.39, 0.29) is 17.2 Å². The van der Waals surface area contributed by atoms with Crippen LogP contribution in [-0.2, 0) is 4.79 Å². The third-order valence-corrected chi connectivity index (χ3v) is 3.23. The third-order valence-electron chi connectivity index (χ3n) is 3.23. The highest BCUT2D eigenvalue weighted by Gasteiger charge is 2.33. The third kappa shape index (κ3) is 2.60. The number of amides is 1. The zero-order valence-electron chi connectivity index (χ0n) is 11.2. The Morgan fingerprint density at radius 2 is 2.22 bits per heavy atom. The minimum absolute atomic E-state index is 0.201. The van der Waals surface area contributed by atoms with Crippen molar-refractivity contribution in [3.8, 4) is 0 Å². The quantitative estimate of drug-likeness (QED) is 0.816. The maximum absolute atomic E-state index is 12.2. The monoisotopic (exact) mass is 248 g/mol. The fourth-order valence-corrected chi connectivity index (χ4v) is 2.28. The number of hydrogen-bond acceptors (Lipinski definition) is 4. The molecule has 5 heteroatoms. The Bertz CT molecular complexity index is 453. The van der Waals surface area contributed by atoms with Gasteiger partial charge >= 0.3 is 0 Å². The second kappa shape index (κ2) is 4.55. The predicted molar refractivity (Wildman–Crippen MR) is 69.8 cm³/mol. The minimum atomic E-state index is -0.320. The van der Waals surface area contributed by atoms with E-state index in [2.05, 4.69) is 9.97 Å². The topological polar surface area (TPSA) is 72.1 Å². The average molecular weight is 248 g/mol. The molecule has 0 unspecified atom stereocenters. The molecule has 98 valence electrons. The van der Waals surface area contributed by atoms with Gasteiger partial charge in [-0.1, -0.05) is 20.8 Å². The molecule has 1 aromatic heterocycles. The molecule has 2 rings (SSSR count). The lowest BCUT2D eigenvalue weighted by Crippen LogP contribution is -2.37.